The van der Waals surface area contributed by atoms with Crippen molar-refractivity contribution >= 4 is 21.8 Å². The number of carboxylic acid groups (broad SMARTS) is 1. The van der Waals surface area contributed by atoms with Crippen LogP contribution in [0, 0.1) is 0 Å². The van der Waals surface area contributed by atoms with Crippen molar-refractivity contribution in [3.05, 3.63) is 29.8 Å². The predicted octanol–water partition coefficient (Wildman–Crippen LogP) is 1.06. The maximum atomic E-state index is 12.7. The average Bonchev–Trinajstić information content (AvgIpc) is 2.77. The van der Waals surface area contributed by atoms with E-state index in [1.807, 2.05) is 7.05 Å². The number of hydrogen-bond donors (Lipinski definition) is 1. The van der Waals surface area contributed by atoms with Gasteiger partial charge in [-0.05, 0) is 32.1 Å². The van der Waals surface area contributed by atoms with Crippen molar-refractivity contribution in [2.24, 2.45) is 0 Å². The normalized spacial score (nSPS) is 17.4. The Kier molecular flexibility index (Phi) is 6.09. The molecule has 0 bridgehead atoms. The van der Waals surface area contributed by atoms with Crippen molar-refractivity contribution in [1.82, 2.24) is 9.21 Å². The molecule has 1 aliphatic heterocycles. The van der Waals surface area contributed by atoms with Crippen LogP contribution in [0.4, 0.5) is 0 Å². The Morgan fingerprint density at radius 1 is 1.04 bits per heavy atom. The fraction of sp³-hybridized carbons (Fsp3) is 0.500. The molecule has 0 aromatic heterocycles. The lowest BCUT2D eigenvalue weighted by Crippen LogP contribution is -2.34. The highest BCUT2D eigenvalue weighted by Gasteiger charge is 2.26. The zero-order chi connectivity index (χ0) is 17.7. The summed E-state index contributed by atoms with van der Waals surface area (Å²) in [6.07, 6.45) is 0.446. The van der Waals surface area contributed by atoms with Gasteiger partial charge in [0.05, 0.1) is 11.3 Å². The first-order chi connectivity index (χ1) is 11.3. The summed E-state index contributed by atoms with van der Waals surface area (Å²) >= 11 is 0. The largest absolute Gasteiger partial charge is 0.481 e. The molecule has 1 heterocycles. The fourth-order valence-electron chi connectivity index (χ4n) is 2.59. The van der Waals surface area contributed by atoms with Crippen molar-refractivity contribution in [3.63, 3.8) is 0 Å². The van der Waals surface area contributed by atoms with E-state index < -0.39 is 16.0 Å². The molecular weight excluding hydrogens is 332 g/mol. The van der Waals surface area contributed by atoms with Gasteiger partial charge in [-0.1, -0.05) is 12.1 Å². The van der Waals surface area contributed by atoms with E-state index in [-0.39, 0.29) is 23.5 Å². The third-order valence-electron chi connectivity index (χ3n) is 4.06. The quantitative estimate of drug-likeness (QED) is 0.768. The lowest BCUT2D eigenvalue weighted by Gasteiger charge is -2.20. The molecule has 1 aliphatic rings. The van der Waals surface area contributed by atoms with Gasteiger partial charge in [0, 0.05) is 31.6 Å². The number of Topliss-reactive ketones (excluding diaryl/α,β-unsaturated/α-hetero) is 1. The van der Waals surface area contributed by atoms with Gasteiger partial charge in [-0.15, -0.1) is 0 Å². The van der Waals surface area contributed by atoms with Crippen molar-refractivity contribution in [2.75, 3.05) is 33.2 Å². The number of carboxylic acids is 1. The van der Waals surface area contributed by atoms with Crippen LogP contribution in [0.1, 0.15) is 29.6 Å². The van der Waals surface area contributed by atoms with Gasteiger partial charge in [-0.25, -0.2) is 8.42 Å². The Bertz CT molecular complexity index is 700. The van der Waals surface area contributed by atoms with Crippen molar-refractivity contribution < 1.29 is 23.1 Å². The lowest BCUT2D eigenvalue weighted by atomic mass is 10.1. The van der Waals surface area contributed by atoms with Crippen LogP contribution in [-0.4, -0.2) is 67.7 Å². The van der Waals surface area contributed by atoms with Crippen LogP contribution >= 0.6 is 0 Å². The molecule has 0 unspecified atom stereocenters. The van der Waals surface area contributed by atoms with Gasteiger partial charge >= 0.3 is 5.97 Å². The summed E-state index contributed by atoms with van der Waals surface area (Å²) < 4.78 is 26.8. The Hall–Kier alpha value is -1.77. The average molecular weight is 354 g/mol. The minimum Gasteiger partial charge on any atom is -0.481 e. The summed E-state index contributed by atoms with van der Waals surface area (Å²) in [6.45, 7) is 2.47. The lowest BCUT2D eigenvalue weighted by molar-refractivity contribution is -0.136. The zero-order valence-corrected chi connectivity index (χ0v) is 14.5. The van der Waals surface area contributed by atoms with Crippen LogP contribution < -0.4 is 0 Å². The van der Waals surface area contributed by atoms with Crippen LogP contribution in [0.15, 0.2) is 29.2 Å². The number of ketones is 1. The second-order valence-electron chi connectivity index (χ2n) is 5.90. The first kappa shape index (κ1) is 18.6. The molecule has 0 spiro atoms. The topological polar surface area (TPSA) is 95.0 Å². The smallest absolute Gasteiger partial charge is 0.303 e. The minimum absolute atomic E-state index is 0.0973. The molecule has 8 heteroatoms. The summed E-state index contributed by atoms with van der Waals surface area (Å²) in [4.78, 5) is 24.6. The van der Waals surface area contributed by atoms with Crippen LogP contribution in [0.5, 0.6) is 0 Å². The first-order valence-electron chi connectivity index (χ1n) is 7.84. The summed E-state index contributed by atoms with van der Waals surface area (Å²) in [6, 6.07) is 5.72. The minimum atomic E-state index is -3.58. The van der Waals surface area contributed by atoms with E-state index in [1.54, 1.807) is 0 Å². The molecule has 0 saturated carbocycles. The molecule has 1 fully saturated rings. The molecular formula is C16H22N2O5S. The number of sulfonamides is 1. The Morgan fingerprint density at radius 2 is 1.71 bits per heavy atom. The van der Waals surface area contributed by atoms with Crippen LogP contribution in [0.3, 0.4) is 0 Å². The first-order valence-corrected chi connectivity index (χ1v) is 9.28. The van der Waals surface area contributed by atoms with Crippen molar-refractivity contribution in [3.8, 4) is 0 Å². The molecule has 1 N–H and O–H groups in total. The molecule has 1 aromatic carbocycles. The monoisotopic (exact) mass is 354 g/mol. The second-order valence-corrected chi connectivity index (χ2v) is 7.84. The number of benzene rings is 1. The summed E-state index contributed by atoms with van der Waals surface area (Å²) in [7, 11) is -1.61. The summed E-state index contributed by atoms with van der Waals surface area (Å²) in [5.41, 5.74) is 0.325. The number of rotatable bonds is 6. The van der Waals surface area contributed by atoms with Crippen molar-refractivity contribution in [1.29, 1.82) is 0 Å². The molecule has 24 heavy (non-hydrogen) atoms. The van der Waals surface area contributed by atoms with Gasteiger partial charge in [0.2, 0.25) is 10.0 Å². The highest BCUT2D eigenvalue weighted by Crippen LogP contribution is 2.19. The number of aliphatic carboxylic acids is 1. The number of carbonyl (C=O) groups excluding carboxylic acids is 1. The predicted molar refractivity (Wildman–Crippen MR) is 88.5 cm³/mol. The standard InChI is InChI=1S/C16H22N2O5S/c1-17-9-2-10-18(12-11-17)24(22,23)14-5-3-13(4-6-14)15(19)7-8-16(20)21/h3-6H,2,7-12H2,1H3,(H,20,21). The third kappa shape index (κ3) is 4.62. The molecule has 2 rings (SSSR count). The number of nitrogens with zero attached hydrogens (tertiary/aromatic N) is 2. The second kappa shape index (κ2) is 7.87. The van der Waals surface area contributed by atoms with Gasteiger partial charge in [0.15, 0.2) is 5.78 Å². The number of likely N-dealkylation sites (N-methyl/N-ethyl adjacent to an activating group) is 1. The third-order valence-corrected chi connectivity index (χ3v) is 5.97. The molecule has 0 amide bonds. The summed E-state index contributed by atoms with van der Waals surface area (Å²) in [5.74, 6) is -1.34. The zero-order valence-electron chi connectivity index (χ0n) is 13.6. The van der Waals surface area contributed by atoms with Gasteiger partial charge in [-0.3, -0.25) is 9.59 Å². The Balaban J connectivity index is 2.11. The molecule has 0 radical (unpaired) electrons. The van der Waals surface area contributed by atoms with E-state index >= 15 is 0 Å². The number of hydrogen-bond acceptors (Lipinski definition) is 5. The van der Waals surface area contributed by atoms with E-state index in [0.717, 1.165) is 13.0 Å². The van der Waals surface area contributed by atoms with Crippen LogP contribution in [0.25, 0.3) is 0 Å². The van der Waals surface area contributed by atoms with Gasteiger partial charge in [-0.2, -0.15) is 4.31 Å². The van der Waals surface area contributed by atoms with Gasteiger partial charge < -0.3 is 10.0 Å². The van der Waals surface area contributed by atoms with Gasteiger partial charge in [0.1, 0.15) is 0 Å². The maximum absolute atomic E-state index is 12.7. The fourth-order valence-corrected chi connectivity index (χ4v) is 4.06. The SMILES string of the molecule is CN1CCCN(S(=O)(=O)c2ccc(C(=O)CCC(=O)O)cc2)CC1. The van der Waals surface area contributed by atoms with Crippen molar-refractivity contribution in [2.45, 2.75) is 24.2 Å². The Morgan fingerprint density at radius 3 is 2.33 bits per heavy atom. The maximum Gasteiger partial charge on any atom is 0.303 e. The molecule has 7 nitrogen and oxygen atoms in total. The molecule has 0 aliphatic carbocycles. The highest BCUT2D eigenvalue weighted by molar-refractivity contribution is 7.89. The van der Waals surface area contributed by atoms with Crippen LogP contribution in [0.2, 0.25) is 0 Å². The Labute approximate surface area is 141 Å². The molecule has 1 aromatic rings. The summed E-state index contributed by atoms with van der Waals surface area (Å²) in [5, 5.41) is 8.61. The molecule has 1 saturated heterocycles. The van der Waals surface area contributed by atoms with E-state index in [4.69, 9.17) is 5.11 Å². The van der Waals surface area contributed by atoms with E-state index in [9.17, 15) is 18.0 Å². The van der Waals surface area contributed by atoms with Crippen LogP contribution in [-0.2, 0) is 14.8 Å². The van der Waals surface area contributed by atoms with Gasteiger partial charge in [0.25, 0.3) is 0 Å². The molecule has 132 valence electrons. The van der Waals surface area contributed by atoms with E-state index in [0.29, 0.717) is 25.2 Å². The molecule has 0 atom stereocenters. The number of carbonyl (C=O) groups is 2. The van der Waals surface area contributed by atoms with E-state index in [2.05, 4.69) is 4.90 Å². The van der Waals surface area contributed by atoms with E-state index in [1.165, 1.54) is 28.6 Å². The highest BCUT2D eigenvalue weighted by atomic mass is 32.2.